The van der Waals surface area contributed by atoms with E-state index in [9.17, 15) is 9.59 Å². The third kappa shape index (κ3) is 4.17. The number of Topliss-reactive ketones (excluding diaryl/α,β-unsaturated/α-hetero) is 1. The average molecular weight is 349 g/mol. The highest BCUT2D eigenvalue weighted by atomic mass is 16.2. The van der Waals surface area contributed by atoms with Gasteiger partial charge in [-0.3, -0.25) is 9.59 Å². The minimum atomic E-state index is -0.104. The minimum absolute atomic E-state index is 0.00315. The fourth-order valence-electron chi connectivity index (χ4n) is 2.98. The summed E-state index contributed by atoms with van der Waals surface area (Å²) in [6.07, 6.45) is 0.429. The van der Waals surface area contributed by atoms with Crippen LogP contribution in [0.3, 0.4) is 0 Å². The van der Waals surface area contributed by atoms with Crippen LogP contribution in [-0.4, -0.2) is 27.8 Å². The second-order valence-corrected chi connectivity index (χ2v) is 6.44. The predicted molar refractivity (Wildman–Crippen MR) is 102 cm³/mol. The van der Waals surface area contributed by atoms with Crippen LogP contribution in [0.2, 0.25) is 0 Å². The van der Waals surface area contributed by atoms with Crippen molar-refractivity contribution in [2.24, 2.45) is 0 Å². The maximum absolute atomic E-state index is 12.1. The normalized spacial score (nSPS) is 10.8. The van der Waals surface area contributed by atoms with Crippen molar-refractivity contribution in [2.75, 3.05) is 6.54 Å². The molecule has 1 N–H and O–H groups in total. The van der Waals surface area contributed by atoms with Gasteiger partial charge in [0.05, 0.1) is 11.0 Å². The summed E-state index contributed by atoms with van der Waals surface area (Å²) in [6.45, 7) is 5.11. The largest absolute Gasteiger partial charge is 0.354 e. The third-order valence-electron chi connectivity index (χ3n) is 4.46. The van der Waals surface area contributed by atoms with Crippen LogP contribution in [0.4, 0.5) is 0 Å². The topological polar surface area (TPSA) is 64.0 Å². The summed E-state index contributed by atoms with van der Waals surface area (Å²) in [6, 6.07) is 15.4. The van der Waals surface area contributed by atoms with E-state index >= 15 is 0 Å². The molecule has 3 rings (SSSR count). The Balaban J connectivity index is 1.47. The van der Waals surface area contributed by atoms with Crippen LogP contribution in [0.15, 0.2) is 48.5 Å². The van der Waals surface area contributed by atoms with Crippen molar-refractivity contribution < 1.29 is 9.59 Å². The Morgan fingerprint density at radius 1 is 1.00 bits per heavy atom. The summed E-state index contributed by atoms with van der Waals surface area (Å²) < 4.78 is 2.09. The van der Waals surface area contributed by atoms with Gasteiger partial charge in [-0.25, -0.2) is 4.98 Å². The Hall–Kier alpha value is -2.95. The highest BCUT2D eigenvalue weighted by Gasteiger charge is 2.10. The van der Waals surface area contributed by atoms with Crippen molar-refractivity contribution in [1.29, 1.82) is 0 Å². The summed E-state index contributed by atoms with van der Waals surface area (Å²) in [5.41, 5.74) is 3.79. The van der Waals surface area contributed by atoms with Crippen molar-refractivity contribution in [1.82, 2.24) is 14.9 Å². The monoisotopic (exact) mass is 349 g/mol. The number of carbonyl (C=O) groups excluding carboxylic acids is 2. The summed E-state index contributed by atoms with van der Waals surface area (Å²) in [7, 11) is 0. The van der Waals surface area contributed by atoms with Gasteiger partial charge in [0.2, 0.25) is 5.91 Å². The van der Waals surface area contributed by atoms with Gasteiger partial charge in [0.1, 0.15) is 5.82 Å². The first-order chi connectivity index (χ1) is 12.5. The predicted octanol–water partition coefficient (Wildman–Crippen LogP) is 3.43. The lowest BCUT2D eigenvalue weighted by molar-refractivity contribution is -0.121. The molecule has 1 amide bonds. The number of aryl methyl sites for hydroxylation is 2. The molecule has 3 aromatic rings. The number of imidazole rings is 1. The molecule has 0 aliphatic heterocycles. The van der Waals surface area contributed by atoms with Crippen LogP contribution in [0.25, 0.3) is 11.0 Å². The fraction of sp³-hybridized carbons (Fsp3) is 0.286. The van der Waals surface area contributed by atoms with Gasteiger partial charge in [-0.05, 0) is 26.0 Å². The summed E-state index contributed by atoms with van der Waals surface area (Å²) in [4.78, 5) is 28.7. The van der Waals surface area contributed by atoms with Crippen LogP contribution < -0.4 is 5.32 Å². The first-order valence-corrected chi connectivity index (χ1v) is 8.83. The Morgan fingerprint density at radius 2 is 1.73 bits per heavy atom. The number of nitrogens with zero attached hydrogens (tertiary/aromatic N) is 2. The van der Waals surface area contributed by atoms with Gasteiger partial charge in [-0.1, -0.05) is 42.0 Å². The average Bonchev–Trinajstić information content (AvgIpc) is 2.96. The number of rotatable bonds is 7. The van der Waals surface area contributed by atoms with Gasteiger partial charge < -0.3 is 9.88 Å². The van der Waals surface area contributed by atoms with Crippen LogP contribution in [-0.2, 0) is 11.3 Å². The minimum Gasteiger partial charge on any atom is -0.354 e. The summed E-state index contributed by atoms with van der Waals surface area (Å²) in [5, 5.41) is 2.89. The molecule has 134 valence electrons. The lowest BCUT2D eigenvalue weighted by Gasteiger charge is -2.08. The number of fused-ring (bicyclic) bond motifs is 1. The number of hydrogen-bond acceptors (Lipinski definition) is 3. The van der Waals surface area contributed by atoms with E-state index in [0.717, 1.165) is 22.4 Å². The van der Waals surface area contributed by atoms with E-state index in [4.69, 9.17) is 0 Å². The zero-order chi connectivity index (χ0) is 18.5. The maximum atomic E-state index is 12.1. The summed E-state index contributed by atoms with van der Waals surface area (Å²) >= 11 is 0. The lowest BCUT2D eigenvalue weighted by atomic mass is 10.1. The highest BCUT2D eigenvalue weighted by molar-refractivity contribution is 5.97. The number of amides is 1. The Bertz CT molecular complexity index is 926. The standard InChI is InChI=1S/C21H23N3O2/c1-15-7-9-17(10-8-15)20(25)11-12-21(26)22-13-14-24-16(2)23-18-5-3-4-6-19(18)24/h3-10H,11-14H2,1-2H3,(H,22,26). The number of para-hydroxylation sites is 2. The van der Waals surface area contributed by atoms with E-state index in [2.05, 4.69) is 14.9 Å². The molecule has 0 radical (unpaired) electrons. The van der Waals surface area contributed by atoms with Gasteiger partial charge in [-0.15, -0.1) is 0 Å². The highest BCUT2D eigenvalue weighted by Crippen LogP contribution is 2.14. The molecule has 0 aliphatic rings. The van der Waals surface area contributed by atoms with Crippen molar-refractivity contribution >= 4 is 22.7 Å². The Labute approximate surface area is 153 Å². The molecule has 0 spiro atoms. The zero-order valence-electron chi connectivity index (χ0n) is 15.2. The van der Waals surface area contributed by atoms with Gasteiger partial charge in [0.25, 0.3) is 0 Å². The molecule has 1 heterocycles. The van der Waals surface area contributed by atoms with E-state index in [0.29, 0.717) is 18.7 Å². The maximum Gasteiger partial charge on any atom is 0.220 e. The molecule has 0 unspecified atom stereocenters. The number of aromatic nitrogens is 2. The van der Waals surface area contributed by atoms with Gasteiger partial charge in [0, 0.05) is 31.5 Å². The second kappa shape index (κ2) is 7.95. The first kappa shape index (κ1) is 17.9. The fourth-order valence-corrected chi connectivity index (χ4v) is 2.98. The number of ketones is 1. The smallest absolute Gasteiger partial charge is 0.220 e. The molecule has 26 heavy (non-hydrogen) atoms. The molecule has 0 bridgehead atoms. The van der Waals surface area contributed by atoms with Crippen LogP contribution in [0, 0.1) is 13.8 Å². The van der Waals surface area contributed by atoms with Crippen molar-refractivity contribution in [2.45, 2.75) is 33.2 Å². The molecule has 5 heteroatoms. The number of carbonyl (C=O) groups is 2. The zero-order valence-corrected chi connectivity index (χ0v) is 15.2. The van der Waals surface area contributed by atoms with Gasteiger partial charge in [0.15, 0.2) is 5.78 Å². The van der Waals surface area contributed by atoms with Crippen molar-refractivity contribution in [3.63, 3.8) is 0 Å². The third-order valence-corrected chi connectivity index (χ3v) is 4.46. The van der Waals surface area contributed by atoms with E-state index < -0.39 is 0 Å². The van der Waals surface area contributed by atoms with Crippen LogP contribution in [0.1, 0.15) is 34.6 Å². The number of benzene rings is 2. The Morgan fingerprint density at radius 3 is 2.50 bits per heavy atom. The molecule has 2 aromatic carbocycles. The molecule has 0 saturated carbocycles. The Kier molecular flexibility index (Phi) is 5.46. The van der Waals surface area contributed by atoms with E-state index in [1.165, 1.54) is 0 Å². The number of hydrogen-bond donors (Lipinski definition) is 1. The molecule has 0 saturated heterocycles. The SMILES string of the molecule is Cc1ccc(C(=O)CCC(=O)NCCn2c(C)nc3ccccc32)cc1. The quantitative estimate of drug-likeness (QED) is 0.665. The molecule has 0 atom stereocenters. The molecular formula is C21H23N3O2. The van der Waals surface area contributed by atoms with Gasteiger partial charge >= 0.3 is 0 Å². The second-order valence-electron chi connectivity index (χ2n) is 6.44. The van der Waals surface area contributed by atoms with E-state index in [-0.39, 0.29) is 24.5 Å². The molecular weight excluding hydrogens is 326 g/mol. The molecule has 0 fully saturated rings. The number of nitrogens with one attached hydrogen (secondary N) is 1. The van der Waals surface area contributed by atoms with E-state index in [1.54, 1.807) is 0 Å². The molecule has 0 aliphatic carbocycles. The van der Waals surface area contributed by atoms with E-state index in [1.807, 2.05) is 62.4 Å². The van der Waals surface area contributed by atoms with Gasteiger partial charge in [-0.2, -0.15) is 0 Å². The van der Waals surface area contributed by atoms with Crippen molar-refractivity contribution in [3.05, 3.63) is 65.5 Å². The molecule has 5 nitrogen and oxygen atoms in total. The molecule has 1 aromatic heterocycles. The lowest BCUT2D eigenvalue weighted by Crippen LogP contribution is -2.27. The summed E-state index contributed by atoms with van der Waals surface area (Å²) in [5.74, 6) is 0.819. The van der Waals surface area contributed by atoms with Crippen molar-refractivity contribution in [3.8, 4) is 0 Å². The first-order valence-electron chi connectivity index (χ1n) is 8.83. The van der Waals surface area contributed by atoms with Crippen LogP contribution >= 0.6 is 0 Å². The van der Waals surface area contributed by atoms with Crippen LogP contribution in [0.5, 0.6) is 0 Å².